The van der Waals surface area contributed by atoms with E-state index in [0.717, 1.165) is 11.3 Å². The topological polar surface area (TPSA) is 85.3 Å². The number of amidine groups is 1. The highest BCUT2D eigenvalue weighted by atomic mass is 32.2. The highest BCUT2D eigenvalue weighted by molar-refractivity contribution is 8.16. The number of hydrogen-bond donors (Lipinski definition) is 0. The molecule has 0 aromatic heterocycles. The number of sulfone groups is 1. The molecule has 0 spiro atoms. The lowest BCUT2D eigenvalue weighted by atomic mass is 10.1. The Kier molecular flexibility index (Phi) is 4.94. The summed E-state index contributed by atoms with van der Waals surface area (Å²) in [5, 5.41) is 0.393. The number of carbonyl (C=O) groups excluding carboxylic acids is 1. The van der Waals surface area contributed by atoms with Crippen LogP contribution in [0.4, 0.5) is 5.69 Å². The second-order valence-electron chi connectivity index (χ2n) is 7.45. The van der Waals surface area contributed by atoms with Gasteiger partial charge in [0.25, 0.3) is 5.91 Å². The fourth-order valence-electron chi connectivity index (χ4n) is 3.96. The summed E-state index contributed by atoms with van der Waals surface area (Å²) in [5.41, 5.74) is 1.64. The number of rotatable bonds is 3. The Labute approximate surface area is 179 Å². The Morgan fingerprint density at radius 1 is 1.07 bits per heavy atom. The van der Waals surface area contributed by atoms with Crippen molar-refractivity contribution in [2.75, 3.05) is 29.6 Å². The Morgan fingerprint density at radius 3 is 2.63 bits per heavy atom. The van der Waals surface area contributed by atoms with Crippen LogP contribution in [0.25, 0.3) is 0 Å². The van der Waals surface area contributed by atoms with Crippen molar-refractivity contribution in [2.45, 2.75) is 17.7 Å². The van der Waals surface area contributed by atoms with Crippen molar-refractivity contribution in [3.8, 4) is 11.5 Å². The lowest BCUT2D eigenvalue weighted by molar-refractivity contribution is -0.117. The van der Waals surface area contributed by atoms with Gasteiger partial charge in [-0.05, 0) is 17.7 Å². The van der Waals surface area contributed by atoms with Gasteiger partial charge >= 0.3 is 0 Å². The quantitative estimate of drug-likeness (QED) is 0.718. The highest BCUT2D eigenvalue weighted by Gasteiger charge is 2.49. The molecule has 3 heterocycles. The standard InChI is InChI=1S/C21H20N2O5S2/c24-20(10-14-4-2-1-3-5-14)22-21-23(16-12-30(25,26)13-19(16)29-21)15-6-7-17-18(11-15)28-9-8-27-17/h1-7,11,16,19H,8-10,12-13H2. The van der Waals surface area contributed by atoms with Crippen LogP contribution in [0.15, 0.2) is 53.5 Å². The van der Waals surface area contributed by atoms with Gasteiger partial charge in [0.15, 0.2) is 26.5 Å². The van der Waals surface area contributed by atoms with E-state index in [1.807, 2.05) is 53.4 Å². The number of carbonyl (C=O) groups is 1. The highest BCUT2D eigenvalue weighted by Crippen LogP contribution is 2.43. The number of anilines is 1. The van der Waals surface area contributed by atoms with Gasteiger partial charge in [-0.15, -0.1) is 0 Å². The molecule has 5 rings (SSSR count). The summed E-state index contributed by atoms with van der Waals surface area (Å²) in [6.07, 6.45) is 0.202. The summed E-state index contributed by atoms with van der Waals surface area (Å²) < 4.78 is 35.7. The molecule has 2 fully saturated rings. The molecule has 30 heavy (non-hydrogen) atoms. The number of nitrogens with zero attached hydrogens (tertiary/aromatic N) is 2. The fraction of sp³-hybridized carbons (Fsp3) is 0.333. The molecule has 1 amide bonds. The fourth-order valence-corrected chi connectivity index (χ4v) is 7.90. The molecule has 0 saturated carbocycles. The lowest BCUT2D eigenvalue weighted by Crippen LogP contribution is -2.37. The van der Waals surface area contributed by atoms with Gasteiger partial charge in [-0.25, -0.2) is 8.42 Å². The zero-order chi connectivity index (χ0) is 20.7. The monoisotopic (exact) mass is 444 g/mol. The first-order chi connectivity index (χ1) is 14.5. The number of amides is 1. The van der Waals surface area contributed by atoms with Crippen LogP contribution in [-0.4, -0.2) is 55.5 Å². The minimum atomic E-state index is -3.12. The zero-order valence-corrected chi connectivity index (χ0v) is 17.7. The van der Waals surface area contributed by atoms with E-state index in [0.29, 0.717) is 29.9 Å². The second kappa shape index (κ2) is 7.63. The first-order valence-corrected chi connectivity index (χ1v) is 12.4. The molecule has 7 nitrogen and oxygen atoms in total. The summed E-state index contributed by atoms with van der Waals surface area (Å²) in [6, 6.07) is 14.7. The van der Waals surface area contributed by atoms with E-state index in [4.69, 9.17) is 9.47 Å². The molecule has 0 bridgehead atoms. The van der Waals surface area contributed by atoms with Crippen molar-refractivity contribution < 1.29 is 22.7 Å². The van der Waals surface area contributed by atoms with Crippen molar-refractivity contribution in [3.05, 3.63) is 54.1 Å². The van der Waals surface area contributed by atoms with Crippen LogP contribution in [0.5, 0.6) is 11.5 Å². The third kappa shape index (κ3) is 3.79. The molecule has 0 radical (unpaired) electrons. The van der Waals surface area contributed by atoms with Gasteiger partial charge in [0.2, 0.25) is 0 Å². The van der Waals surface area contributed by atoms with E-state index in [1.165, 1.54) is 11.8 Å². The maximum atomic E-state index is 12.6. The SMILES string of the molecule is O=C(Cc1ccccc1)N=C1SC2CS(=O)(=O)CC2N1c1ccc2c(c1)OCCO2. The van der Waals surface area contributed by atoms with E-state index in [-0.39, 0.29) is 35.1 Å². The van der Waals surface area contributed by atoms with Gasteiger partial charge in [-0.1, -0.05) is 42.1 Å². The van der Waals surface area contributed by atoms with Crippen molar-refractivity contribution in [2.24, 2.45) is 4.99 Å². The van der Waals surface area contributed by atoms with E-state index in [1.54, 1.807) is 0 Å². The van der Waals surface area contributed by atoms with Crippen molar-refractivity contribution in [1.29, 1.82) is 0 Å². The molecular weight excluding hydrogens is 424 g/mol. The smallest absolute Gasteiger partial charge is 0.252 e. The van der Waals surface area contributed by atoms with Crippen molar-refractivity contribution >= 4 is 38.4 Å². The molecule has 3 aliphatic heterocycles. The van der Waals surface area contributed by atoms with Crippen LogP contribution in [-0.2, 0) is 21.1 Å². The molecule has 9 heteroatoms. The third-order valence-corrected chi connectivity index (χ3v) is 8.50. The second-order valence-corrected chi connectivity index (χ2v) is 10.8. The van der Waals surface area contributed by atoms with E-state index < -0.39 is 9.84 Å². The maximum absolute atomic E-state index is 12.6. The summed E-state index contributed by atoms with van der Waals surface area (Å²) in [7, 11) is -3.12. The molecular formula is C21H20N2O5S2. The molecule has 2 aromatic rings. The number of fused-ring (bicyclic) bond motifs is 2. The summed E-state index contributed by atoms with van der Waals surface area (Å²) >= 11 is 1.37. The van der Waals surface area contributed by atoms with Crippen LogP contribution < -0.4 is 14.4 Å². The van der Waals surface area contributed by atoms with Gasteiger partial charge in [0.05, 0.1) is 24.0 Å². The minimum Gasteiger partial charge on any atom is -0.486 e. The van der Waals surface area contributed by atoms with Gasteiger partial charge in [0.1, 0.15) is 13.2 Å². The normalized spacial score (nSPS) is 25.3. The molecule has 2 aromatic carbocycles. The van der Waals surface area contributed by atoms with E-state index in [9.17, 15) is 13.2 Å². The molecule has 2 unspecified atom stereocenters. The molecule has 2 atom stereocenters. The Morgan fingerprint density at radius 2 is 1.83 bits per heavy atom. The molecule has 0 aliphatic carbocycles. The Balaban J connectivity index is 1.48. The number of ether oxygens (including phenoxy) is 2. The lowest BCUT2D eigenvalue weighted by Gasteiger charge is -2.26. The van der Waals surface area contributed by atoms with Crippen molar-refractivity contribution in [1.82, 2.24) is 0 Å². The van der Waals surface area contributed by atoms with Crippen LogP contribution in [0, 0.1) is 0 Å². The van der Waals surface area contributed by atoms with Crippen molar-refractivity contribution in [3.63, 3.8) is 0 Å². The van der Waals surface area contributed by atoms with Crippen LogP contribution in [0.2, 0.25) is 0 Å². The van der Waals surface area contributed by atoms with Gasteiger partial charge in [-0.2, -0.15) is 4.99 Å². The van der Waals surface area contributed by atoms with Gasteiger partial charge < -0.3 is 14.4 Å². The van der Waals surface area contributed by atoms with Crippen LogP contribution in [0.3, 0.4) is 0 Å². The number of aliphatic imine (C=N–C) groups is 1. The third-order valence-electron chi connectivity index (χ3n) is 5.29. The van der Waals surface area contributed by atoms with Gasteiger partial charge in [-0.3, -0.25) is 4.79 Å². The number of thioether (sulfide) groups is 1. The predicted octanol–water partition coefficient (Wildman–Crippen LogP) is 2.30. The van der Waals surface area contributed by atoms with Crippen LogP contribution >= 0.6 is 11.8 Å². The predicted molar refractivity (Wildman–Crippen MR) is 116 cm³/mol. The molecule has 2 saturated heterocycles. The van der Waals surface area contributed by atoms with E-state index in [2.05, 4.69) is 4.99 Å². The molecule has 156 valence electrons. The largest absolute Gasteiger partial charge is 0.486 e. The zero-order valence-electron chi connectivity index (χ0n) is 16.1. The number of benzene rings is 2. The van der Waals surface area contributed by atoms with Gasteiger partial charge in [0, 0.05) is 17.0 Å². The molecule has 3 aliphatic rings. The minimum absolute atomic E-state index is 0.0466. The summed E-state index contributed by atoms with van der Waals surface area (Å²) in [5.74, 6) is 1.16. The Bertz CT molecular complexity index is 1120. The van der Waals surface area contributed by atoms with E-state index >= 15 is 0 Å². The average molecular weight is 445 g/mol. The summed E-state index contributed by atoms with van der Waals surface area (Å²) in [6.45, 7) is 0.956. The average Bonchev–Trinajstić information content (AvgIpc) is 3.19. The Hall–Kier alpha value is -2.52. The maximum Gasteiger partial charge on any atom is 0.252 e. The molecule has 0 N–H and O–H groups in total. The number of hydrogen-bond acceptors (Lipinski definition) is 6. The van der Waals surface area contributed by atoms with Crippen LogP contribution in [0.1, 0.15) is 5.56 Å². The first-order valence-electron chi connectivity index (χ1n) is 9.70. The summed E-state index contributed by atoms with van der Waals surface area (Å²) in [4.78, 5) is 18.9. The first kappa shape index (κ1) is 19.4.